The van der Waals surface area contributed by atoms with E-state index in [2.05, 4.69) is 44.3 Å². The molecule has 0 aliphatic carbocycles. The molecule has 0 aliphatic rings. The molecule has 1 atom stereocenters. The van der Waals surface area contributed by atoms with Gasteiger partial charge in [-0.3, -0.25) is 0 Å². The van der Waals surface area contributed by atoms with Crippen LogP contribution in [-0.2, 0) is 0 Å². The number of nitrogens with one attached hydrogen (secondary N) is 1. The van der Waals surface area contributed by atoms with Gasteiger partial charge in [-0.25, -0.2) is 0 Å². The molecule has 100 valence electrons. The largest absolute Gasteiger partial charge is 0.378 e. The van der Waals surface area contributed by atoms with E-state index in [1.54, 1.807) is 6.07 Å². The predicted molar refractivity (Wildman–Crippen MR) is 84.4 cm³/mol. The molecule has 1 nitrogen and oxygen atoms in total. The number of rotatable bonds is 3. The monoisotopic (exact) mass is 293 g/mol. The van der Waals surface area contributed by atoms with Crippen LogP contribution < -0.4 is 5.32 Å². The molecule has 1 unspecified atom stereocenters. The van der Waals surface area contributed by atoms with E-state index in [1.165, 1.54) is 11.1 Å². The first-order valence-corrected chi connectivity index (χ1v) is 7.02. The molecule has 0 aliphatic heterocycles. The Morgan fingerprint density at radius 3 is 2.42 bits per heavy atom. The number of hydrogen-bond acceptors (Lipinski definition) is 1. The van der Waals surface area contributed by atoms with E-state index in [4.69, 9.17) is 23.2 Å². The smallest absolute Gasteiger partial charge is 0.0644 e. The highest BCUT2D eigenvalue weighted by molar-refractivity contribution is 6.42. The van der Waals surface area contributed by atoms with Gasteiger partial charge in [0.15, 0.2) is 0 Å². The number of benzene rings is 2. The molecule has 3 heteroatoms. The van der Waals surface area contributed by atoms with Crippen molar-refractivity contribution < 1.29 is 0 Å². The molecule has 0 aromatic heterocycles. The van der Waals surface area contributed by atoms with Gasteiger partial charge in [0, 0.05) is 5.69 Å². The molecule has 2 aromatic rings. The number of anilines is 1. The van der Waals surface area contributed by atoms with Crippen molar-refractivity contribution in [3.05, 3.63) is 63.1 Å². The summed E-state index contributed by atoms with van der Waals surface area (Å²) in [5, 5.41) is 4.66. The molecule has 1 N–H and O–H groups in total. The van der Waals surface area contributed by atoms with E-state index in [9.17, 15) is 0 Å². The summed E-state index contributed by atoms with van der Waals surface area (Å²) in [6, 6.07) is 12.2. The van der Waals surface area contributed by atoms with Crippen molar-refractivity contribution in [3.63, 3.8) is 0 Å². The third-order valence-electron chi connectivity index (χ3n) is 3.34. The van der Waals surface area contributed by atoms with E-state index >= 15 is 0 Å². The van der Waals surface area contributed by atoms with E-state index in [-0.39, 0.29) is 6.04 Å². The first kappa shape index (κ1) is 14.2. The number of aryl methyl sites for hydroxylation is 2. The molecule has 0 bridgehead atoms. The quantitative estimate of drug-likeness (QED) is 0.756. The third-order valence-corrected chi connectivity index (χ3v) is 4.17. The summed E-state index contributed by atoms with van der Waals surface area (Å²) in [5.41, 5.74) is 4.66. The van der Waals surface area contributed by atoms with E-state index in [0.29, 0.717) is 10.0 Å². The van der Waals surface area contributed by atoms with Gasteiger partial charge >= 0.3 is 0 Å². The van der Waals surface area contributed by atoms with Crippen LogP contribution in [0, 0.1) is 13.8 Å². The minimum Gasteiger partial charge on any atom is -0.378 e. The van der Waals surface area contributed by atoms with Crippen LogP contribution in [0.25, 0.3) is 0 Å². The molecule has 0 saturated carbocycles. The zero-order valence-electron chi connectivity index (χ0n) is 11.3. The summed E-state index contributed by atoms with van der Waals surface area (Å²) < 4.78 is 0. The van der Waals surface area contributed by atoms with Crippen molar-refractivity contribution in [1.29, 1.82) is 0 Å². The highest BCUT2D eigenvalue weighted by Crippen LogP contribution is 2.31. The molecule has 0 heterocycles. The topological polar surface area (TPSA) is 12.0 Å². The summed E-state index contributed by atoms with van der Waals surface area (Å²) >= 11 is 12.3. The molecular formula is C16H17Cl2N. The minimum atomic E-state index is 0.105. The van der Waals surface area contributed by atoms with Crippen LogP contribution >= 0.6 is 23.2 Å². The SMILES string of the molecule is Cc1ccc(NC(C)c2cccc(Cl)c2Cl)cc1C. The molecule has 2 aromatic carbocycles. The fourth-order valence-electron chi connectivity index (χ4n) is 2.01. The third kappa shape index (κ3) is 3.23. The van der Waals surface area contributed by atoms with E-state index in [0.717, 1.165) is 11.3 Å². The molecule has 2 rings (SSSR count). The van der Waals surface area contributed by atoms with E-state index in [1.807, 2.05) is 12.1 Å². The molecular weight excluding hydrogens is 277 g/mol. The van der Waals surface area contributed by atoms with Crippen LogP contribution in [0.3, 0.4) is 0 Å². The van der Waals surface area contributed by atoms with Crippen LogP contribution in [0.5, 0.6) is 0 Å². The second kappa shape index (κ2) is 5.85. The van der Waals surface area contributed by atoms with Gasteiger partial charge in [0.05, 0.1) is 16.1 Å². The Kier molecular flexibility index (Phi) is 4.38. The summed E-state index contributed by atoms with van der Waals surface area (Å²) in [6.07, 6.45) is 0. The van der Waals surface area contributed by atoms with Crippen molar-refractivity contribution in [2.24, 2.45) is 0 Å². The van der Waals surface area contributed by atoms with Gasteiger partial charge in [-0.15, -0.1) is 0 Å². The maximum Gasteiger partial charge on any atom is 0.0644 e. The van der Waals surface area contributed by atoms with Crippen molar-refractivity contribution >= 4 is 28.9 Å². The summed E-state index contributed by atoms with van der Waals surface area (Å²) in [7, 11) is 0. The van der Waals surface area contributed by atoms with Crippen LogP contribution in [0.15, 0.2) is 36.4 Å². The van der Waals surface area contributed by atoms with Gasteiger partial charge in [-0.2, -0.15) is 0 Å². The summed E-state index contributed by atoms with van der Waals surface area (Å²) in [5.74, 6) is 0. The maximum atomic E-state index is 6.24. The lowest BCUT2D eigenvalue weighted by atomic mass is 10.1. The minimum absolute atomic E-state index is 0.105. The Labute approximate surface area is 124 Å². The molecule has 0 saturated heterocycles. The second-order valence-electron chi connectivity index (χ2n) is 4.81. The Bertz CT molecular complexity index is 593. The Morgan fingerprint density at radius 2 is 1.74 bits per heavy atom. The highest BCUT2D eigenvalue weighted by atomic mass is 35.5. The lowest BCUT2D eigenvalue weighted by molar-refractivity contribution is 0.884. The Balaban J connectivity index is 2.23. The lowest BCUT2D eigenvalue weighted by Crippen LogP contribution is -2.07. The van der Waals surface area contributed by atoms with Gasteiger partial charge in [-0.05, 0) is 55.7 Å². The zero-order chi connectivity index (χ0) is 14.0. The van der Waals surface area contributed by atoms with Crippen molar-refractivity contribution in [2.75, 3.05) is 5.32 Å². The van der Waals surface area contributed by atoms with E-state index < -0.39 is 0 Å². The van der Waals surface area contributed by atoms with Gasteiger partial charge < -0.3 is 5.32 Å². The molecule has 0 fully saturated rings. The van der Waals surface area contributed by atoms with Crippen LogP contribution in [-0.4, -0.2) is 0 Å². The first-order chi connectivity index (χ1) is 8.99. The van der Waals surface area contributed by atoms with Crippen molar-refractivity contribution in [1.82, 2.24) is 0 Å². The zero-order valence-corrected chi connectivity index (χ0v) is 12.8. The fraction of sp³-hybridized carbons (Fsp3) is 0.250. The van der Waals surface area contributed by atoms with Gasteiger partial charge in [0.2, 0.25) is 0 Å². The number of halogens is 2. The molecule has 0 amide bonds. The van der Waals surface area contributed by atoms with Crippen LogP contribution in [0.2, 0.25) is 10.0 Å². The standard InChI is InChI=1S/C16H17Cl2N/c1-10-7-8-13(9-11(10)2)19-12(3)14-5-4-6-15(17)16(14)18/h4-9,12,19H,1-3H3. The average Bonchev–Trinajstić information content (AvgIpc) is 2.37. The normalized spacial score (nSPS) is 12.3. The second-order valence-corrected chi connectivity index (χ2v) is 5.59. The molecule has 0 radical (unpaired) electrons. The van der Waals surface area contributed by atoms with Gasteiger partial charge in [-0.1, -0.05) is 41.4 Å². The van der Waals surface area contributed by atoms with Gasteiger partial charge in [0.25, 0.3) is 0 Å². The summed E-state index contributed by atoms with van der Waals surface area (Å²) in [6.45, 7) is 6.29. The maximum absolute atomic E-state index is 6.24. The Hall–Kier alpha value is -1.18. The fourth-order valence-corrected chi connectivity index (χ4v) is 2.49. The first-order valence-electron chi connectivity index (χ1n) is 6.26. The highest BCUT2D eigenvalue weighted by Gasteiger charge is 2.11. The lowest BCUT2D eigenvalue weighted by Gasteiger charge is -2.18. The average molecular weight is 294 g/mol. The summed E-state index contributed by atoms with van der Waals surface area (Å²) in [4.78, 5) is 0. The van der Waals surface area contributed by atoms with Crippen molar-refractivity contribution in [2.45, 2.75) is 26.8 Å². The Morgan fingerprint density at radius 1 is 1.00 bits per heavy atom. The van der Waals surface area contributed by atoms with Crippen LogP contribution in [0.4, 0.5) is 5.69 Å². The number of hydrogen-bond donors (Lipinski definition) is 1. The van der Waals surface area contributed by atoms with Crippen LogP contribution in [0.1, 0.15) is 29.7 Å². The predicted octanol–water partition coefficient (Wildman–Crippen LogP) is 5.78. The van der Waals surface area contributed by atoms with Crippen molar-refractivity contribution in [3.8, 4) is 0 Å². The van der Waals surface area contributed by atoms with Gasteiger partial charge in [0.1, 0.15) is 0 Å². The molecule has 0 spiro atoms. The molecule has 19 heavy (non-hydrogen) atoms.